The standard InChI is InChI=1S/C19H20N2O3/c1-13-10-18(24-20-13)12-21(3)19(22)14(2)23-17-9-8-15-6-4-5-7-16(15)11-17/h4-11,14H,12H2,1-3H3. The molecule has 0 bridgehead atoms. The van der Waals surface area contributed by atoms with Gasteiger partial charge in [0.25, 0.3) is 5.91 Å². The average Bonchev–Trinajstić information content (AvgIpc) is 2.98. The zero-order valence-electron chi connectivity index (χ0n) is 14.0. The Hall–Kier alpha value is -2.82. The Bertz CT molecular complexity index is 856. The first kappa shape index (κ1) is 16.1. The second kappa shape index (κ2) is 6.74. The quantitative estimate of drug-likeness (QED) is 0.720. The summed E-state index contributed by atoms with van der Waals surface area (Å²) < 4.78 is 11.0. The number of nitrogens with zero attached hydrogens (tertiary/aromatic N) is 2. The van der Waals surface area contributed by atoms with Gasteiger partial charge in [0.1, 0.15) is 5.75 Å². The van der Waals surface area contributed by atoms with Gasteiger partial charge in [0, 0.05) is 13.1 Å². The molecule has 1 atom stereocenters. The fraction of sp³-hybridized carbons (Fsp3) is 0.263. The smallest absolute Gasteiger partial charge is 0.263 e. The fourth-order valence-electron chi connectivity index (χ4n) is 2.61. The van der Waals surface area contributed by atoms with Crippen molar-refractivity contribution < 1.29 is 14.1 Å². The molecule has 0 aliphatic carbocycles. The number of aryl methyl sites for hydroxylation is 1. The van der Waals surface area contributed by atoms with Gasteiger partial charge in [-0.1, -0.05) is 35.5 Å². The maximum absolute atomic E-state index is 12.5. The van der Waals surface area contributed by atoms with Crippen LogP contribution in [0.5, 0.6) is 5.75 Å². The van der Waals surface area contributed by atoms with Gasteiger partial charge in [0.15, 0.2) is 11.9 Å². The molecule has 1 amide bonds. The predicted octanol–water partition coefficient (Wildman–Crippen LogP) is 3.56. The van der Waals surface area contributed by atoms with E-state index in [1.54, 1.807) is 18.9 Å². The van der Waals surface area contributed by atoms with E-state index in [4.69, 9.17) is 9.26 Å². The lowest BCUT2D eigenvalue weighted by molar-refractivity contribution is -0.137. The van der Waals surface area contributed by atoms with Crippen molar-refractivity contribution in [3.63, 3.8) is 0 Å². The molecule has 5 heteroatoms. The number of carbonyl (C=O) groups excluding carboxylic acids is 1. The summed E-state index contributed by atoms with van der Waals surface area (Å²) in [7, 11) is 1.72. The molecule has 1 heterocycles. The van der Waals surface area contributed by atoms with E-state index in [2.05, 4.69) is 5.16 Å². The lowest BCUT2D eigenvalue weighted by Gasteiger charge is -2.21. The van der Waals surface area contributed by atoms with Gasteiger partial charge in [0.2, 0.25) is 0 Å². The molecule has 1 aromatic heterocycles. The molecule has 124 valence electrons. The van der Waals surface area contributed by atoms with Crippen LogP contribution in [0, 0.1) is 6.92 Å². The third-order valence-electron chi connectivity index (χ3n) is 3.83. The van der Waals surface area contributed by atoms with Gasteiger partial charge in [0.05, 0.1) is 12.2 Å². The summed E-state index contributed by atoms with van der Waals surface area (Å²) in [4.78, 5) is 14.0. The van der Waals surface area contributed by atoms with Gasteiger partial charge in [-0.3, -0.25) is 4.79 Å². The summed E-state index contributed by atoms with van der Waals surface area (Å²) in [6.45, 7) is 3.96. The van der Waals surface area contributed by atoms with E-state index in [9.17, 15) is 4.79 Å². The molecule has 0 aliphatic heterocycles. The molecule has 0 spiro atoms. The monoisotopic (exact) mass is 324 g/mol. The number of ether oxygens (including phenoxy) is 1. The average molecular weight is 324 g/mol. The van der Waals surface area contributed by atoms with Gasteiger partial charge in [-0.2, -0.15) is 0 Å². The highest BCUT2D eigenvalue weighted by atomic mass is 16.5. The second-order valence-electron chi connectivity index (χ2n) is 5.90. The molecule has 0 aliphatic rings. The van der Waals surface area contributed by atoms with Crippen molar-refractivity contribution in [2.75, 3.05) is 7.05 Å². The Labute approximate surface area is 140 Å². The number of hydrogen-bond acceptors (Lipinski definition) is 4. The highest BCUT2D eigenvalue weighted by Gasteiger charge is 2.20. The van der Waals surface area contributed by atoms with E-state index in [0.717, 1.165) is 16.5 Å². The molecule has 3 rings (SSSR count). The first-order valence-corrected chi connectivity index (χ1v) is 7.85. The van der Waals surface area contributed by atoms with E-state index < -0.39 is 6.10 Å². The van der Waals surface area contributed by atoms with Gasteiger partial charge in [-0.15, -0.1) is 0 Å². The number of fused-ring (bicyclic) bond motifs is 1. The topological polar surface area (TPSA) is 55.6 Å². The van der Waals surface area contributed by atoms with Crippen LogP contribution in [0.25, 0.3) is 10.8 Å². The van der Waals surface area contributed by atoms with E-state index in [1.165, 1.54) is 0 Å². The summed E-state index contributed by atoms with van der Waals surface area (Å²) in [5.41, 5.74) is 0.798. The van der Waals surface area contributed by atoms with Gasteiger partial charge in [-0.05, 0) is 36.8 Å². The van der Waals surface area contributed by atoms with Crippen molar-refractivity contribution >= 4 is 16.7 Å². The molecule has 2 aromatic carbocycles. The number of hydrogen-bond donors (Lipinski definition) is 0. The zero-order valence-corrected chi connectivity index (χ0v) is 14.0. The van der Waals surface area contributed by atoms with Crippen LogP contribution >= 0.6 is 0 Å². The summed E-state index contributed by atoms with van der Waals surface area (Å²) >= 11 is 0. The lowest BCUT2D eigenvalue weighted by atomic mass is 10.1. The first-order valence-electron chi connectivity index (χ1n) is 7.85. The van der Waals surface area contributed by atoms with Crippen LogP contribution in [-0.4, -0.2) is 29.1 Å². The highest BCUT2D eigenvalue weighted by Crippen LogP contribution is 2.21. The molecule has 24 heavy (non-hydrogen) atoms. The molecule has 0 fully saturated rings. The number of rotatable bonds is 5. The molecular weight excluding hydrogens is 304 g/mol. The third kappa shape index (κ3) is 3.56. The van der Waals surface area contributed by atoms with Crippen LogP contribution in [0.2, 0.25) is 0 Å². The normalized spacial score (nSPS) is 12.1. The van der Waals surface area contributed by atoms with Crippen molar-refractivity contribution in [1.82, 2.24) is 10.1 Å². The molecule has 0 saturated heterocycles. The number of benzene rings is 2. The second-order valence-corrected chi connectivity index (χ2v) is 5.90. The largest absolute Gasteiger partial charge is 0.481 e. The van der Waals surface area contributed by atoms with Crippen molar-refractivity contribution in [3.8, 4) is 5.75 Å². The number of carbonyl (C=O) groups is 1. The van der Waals surface area contributed by atoms with Crippen LogP contribution in [0.15, 0.2) is 53.1 Å². The van der Waals surface area contributed by atoms with Crippen molar-refractivity contribution in [2.45, 2.75) is 26.5 Å². The summed E-state index contributed by atoms with van der Waals surface area (Å²) in [5, 5.41) is 6.05. The highest BCUT2D eigenvalue weighted by molar-refractivity contribution is 5.84. The van der Waals surface area contributed by atoms with Crippen molar-refractivity contribution in [3.05, 3.63) is 60.0 Å². The first-order chi connectivity index (χ1) is 11.5. The minimum atomic E-state index is -0.583. The Kier molecular flexibility index (Phi) is 4.51. The molecular formula is C19H20N2O3. The summed E-state index contributed by atoms with van der Waals surface area (Å²) in [6, 6.07) is 15.7. The fourth-order valence-corrected chi connectivity index (χ4v) is 2.61. The SMILES string of the molecule is Cc1cc(CN(C)C(=O)C(C)Oc2ccc3ccccc3c2)on1. The van der Waals surface area contributed by atoms with E-state index in [-0.39, 0.29) is 5.91 Å². The van der Waals surface area contributed by atoms with Crippen molar-refractivity contribution in [1.29, 1.82) is 0 Å². The maximum Gasteiger partial charge on any atom is 0.263 e. The van der Waals surface area contributed by atoms with Gasteiger partial charge in [-0.25, -0.2) is 0 Å². The van der Waals surface area contributed by atoms with Crippen LogP contribution in [0.4, 0.5) is 0 Å². The Morgan fingerprint density at radius 1 is 1.21 bits per heavy atom. The van der Waals surface area contributed by atoms with Crippen molar-refractivity contribution in [2.24, 2.45) is 0 Å². The van der Waals surface area contributed by atoms with Crippen LogP contribution in [-0.2, 0) is 11.3 Å². The van der Waals surface area contributed by atoms with E-state index >= 15 is 0 Å². The molecule has 0 N–H and O–H groups in total. The maximum atomic E-state index is 12.5. The Balaban J connectivity index is 1.66. The minimum absolute atomic E-state index is 0.114. The zero-order chi connectivity index (χ0) is 17.1. The van der Waals surface area contributed by atoms with Gasteiger partial charge >= 0.3 is 0 Å². The van der Waals surface area contributed by atoms with Crippen LogP contribution in [0.1, 0.15) is 18.4 Å². The van der Waals surface area contributed by atoms with E-state index in [0.29, 0.717) is 18.1 Å². The lowest BCUT2D eigenvalue weighted by Crippen LogP contribution is -2.37. The Morgan fingerprint density at radius 2 is 1.96 bits per heavy atom. The van der Waals surface area contributed by atoms with Crippen LogP contribution in [0.3, 0.4) is 0 Å². The molecule has 0 radical (unpaired) electrons. The number of amides is 1. The molecule has 5 nitrogen and oxygen atoms in total. The predicted molar refractivity (Wildman–Crippen MR) is 91.8 cm³/mol. The van der Waals surface area contributed by atoms with Gasteiger partial charge < -0.3 is 14.2 Å². The Morgan fingerprint density at radius 3 is 2.67 bits per heavy atom. The minimum Gasteiger partial charge on any atom is -0.481 e. The summed E-state index contributed by atoms with van der Waals surface area (Å²) in [5.74, 6) is 1.22. The number of likely N-dealkylation sites (N-methyl/N-ethyl adjacent to an activating group) is 1. The third-order valence-corrected chi connectivity index (χ3v) is 3.83. The molecule has 1 unspecified atom stereocenters. The molecule has 0 saturated carbocycles. The summed E-state index contributed by atoms with van der Waals surface area (Å²) in [6.07, 6.45) is -0.583. The van der Waals surface area contributed by atoms with Crippen LogP contribution < -0.4 is 4.74 Å². The number of aromatic nitrogens is 1. The van der Waals surface area contributed by atoms with E-state index in [1.807, 2.05) is 55.5 Å². The molecule has 3 aromatic rings.